The number of halogens is 3. The number of aromatic nitrogens is 1. The summed E-state index contributed by atoms with van der Waals surface area (Å²) in [5, 5.41) is 0.841. The SMILES string of the molecule is Nc1cnc2cc(OCc3ccccc3C(F)(F)F)ccc2c1. The Morgan fingerprint density at radius 2 is 1.83 bits per heavy atom. The summed E-state index contributed by atoms with van der Waals surface area (Å²) in [6.45, 7) is -0.170. The number of nitrogen functional groups attached to an aromatic ring is 1. The molecule has 6 heteroatoms. The molecule has 0 aliphatic rings. The van der Waals surface area contributed by atoms with Crippen LogP contribution < -0.4 is 10.5 Å². The molecule has 1 heterocycles. The monoisotopic (exact) mass is 318 g/mol. The van der Waals surface area contributed by atoms with E-state index in [1.165, 1.54) is 18.3 Å². The highest BCUT2D eigenvalue weighted by Gasteiger charge is 2.32. The number of ether oxygens (including phenoxy) is 1. The number of pyridine rings is 1. The average molecular weight is 318 g/mol. The normalized spacial score (nSPS) is 11.6. The van der Waals surface area contributed by atoms with Gasteiger partial charge >= 0.3 is 6.18 Å². The molecule has 3 nitrogen and oxygen atoms in total. The topological polar surface area (TPSA) is 48.1 Å². The zero-order chi connectivity index (χ0) is 16.4. The van der Waals surface area contributed by atoms with E-state index in [1.807, 2.05) is 0 Å². The van der Waals surface area contributed by atoms with Gasteiger partial charge in [0.1, 0.15) is 12.4 Å². The quantitative estimate of drug-likeness (QED) is 0.778. The van der Waals surface area contributed by atoms with Gasteiger partial charge in [0.15, 0.2) is 0 Å². The van der Waals surface area contributed by atoms with E-state index in [-0.39, 0.29) is 12.2 Å². The van der Waals surface area contributed by atoms with Crippen molar-refractivity contribution in [3.63, 3.8) is 0 Å². The van der Waals surface area contributed by atoms with Crippen molar-refractivity contribution in [2.75, 3.05) is 5.73 Å². The van der Waals surface area contributed by atoms with Gasteiger partial charge in [-0.25, -0.2) is 0 Å². The summed E-state index contributed by atoms with van der Waals surface area (Å²) >= 11 is 0. The van der Waals surface area contributed by atoms with Crippen molar-refractivity contribution in [1.82, 2.24) is 4.98 Å². The predicted octanol–water partition coefficient (Wildman–Crippen LogP) is 4.41. The van der Waals surface area contributed by atoms with Crippen molar-refractivity contribution in [1.29, 1.82) is 0 Å². The maximum absolute atomic E-state index is 12.9. The van der Waals surface area contributed by atoms with Crippen molar-refractivity contribution >= 4 is 16.6 Å². The first-order valence-corrected chi connectivity index (χ1v) is 6.87. The van der Waals surface area contributed by atoms with E-state index in [0.29, 0.717) is 17.0 Å². The van der Waals surface area contributed by atoms with Gasteiger partial charge in [-0.15, -0.1) is 0 Å². The summed E-state index contributed by atoms with van der Waals surface area (Å²) in [5.41, 5.74) is 6.27. The molecule has 0 saturated heterocycles. The van der Waals surface area contributed by atoms with E-state index in [1.54, 1.807) is 30.3 Å². The average Bonchev–Trinajstić information content (AvgIpc) is 2.52. The lowest BCUT2D eigenvalue weighted by Gasteiger charge is -2.13. The second-order valence-corrected chi connectivity index (χ2v) is 5.07. The summed E-state index contributed by atoms with van der Waals surface area (Å²) in [6.07, 6.45) is -2.88. The van der Waals surface area contributed by atoms with Crippen molar-refractivity contribution in [2.45, 2.75) is 12.8 Å². The van der Waals surface area contributed by atoms with E-state index in [2.05, 4.69) is 4.98 Å². The second kappa shape index (κ2) is 5.79. The first-order valence-electron chi connectivity index (χ1n) is 6.87. The third-order valence-electron chi connectivity index (χ3n) is 3.39. The van der Waals surface area contributed by atoms with Gasteiger partial charge in [-0.05, 0) is 24.3 Å². The van der Waals surface area contributed by atoms with Crippen molar-refractivity contribution in [3.05, 3.63) is 65.9 Å². The first-order chi connectivity index (χ1) is 10.9. The Morgan fingerprint density at radius 3 is 2.61 bits per heavy atom. The lowest BCUT2D eigenvalue weighted by Crippen LogP contribution is -2.10. The number of alkyl halides is 3. The maximum atomic E-state index is 12.9. The third-order valence-corrected chi connectivity index (χ3v) is 3.39. The summed E-state index contributed by atoms with van der Waals surface area (Å²) in [7, 11) is 0. The van der Waals surface area contributed by atoms with Crippen molar-refractivity contribution in [2.24, 2.45) is 0 Å². The minimum Gasteiger partial charge on any atom is -0.489 e. The number of rotatable bonds is 3. The molecule has 0 radical (unpaired) electrons. The minimum absolute atomic E-state index is 0.0883. The molecule has 3 aromatic rings. The number of benzene rings is 2. The number of fused-ring (bicyclic) bond motifs is 1. The Labute approximate surface area is 130 Å². The first kappa shape index (κ1) is 15.1. The highest BCUT2D eigenvalue weighted by atomic mass is 19.4. The van der Waals surface area contributed by atoms with Gasteiger partial charge in [0.2, 0.25) is 0 Å². The van der Waals surface area contributed by atoms with Crippen LogP contribution in [0, 0.1) is 0 Å². The Kier molecular flexibility index (Phi) is 3.82. The number of hydrogen-bond acceptors (Lipinski definition) is 3. The van der Waals surface area contributed by atoms with Gasteiger partial charge in [0, 0.05) is 17.0 Å². The molecule has 2 aromatic carbocycles. The van der Waals surface area contributed by atoms with Crippen LogP contribution in [0.1, 0.15) is 11.1 Å². The molecular weight excluding hydrogens is 305 g/mol. The largest absolute Gasteiger partial charge is 0.489 e. The number of nitrogens with zero attached hydrogens (tertiary/aromatic N) is 1. The standard InChI is InChI=1S/C17H13F3N2O/c18-17(19,20)15-4-2-1-3-12(15)10-23-14-6-5-11-7-13(21)9-22-16(11)8-14/h1-9H,10,21H2. The van der Waals surface area contributed by atoms with Crippen LogP contribution in [-0.2, 0) is 12.8 Å². The molecule has 0 fully saturated rings. The highest BCUT2D eigenvalue weighted by molar-refractivity contribution is 5.82. The van der Waals surface area contributed by atoms with Crippen LogP contribution in [0.5, 0.6) is 5.75 Å². The van der Waals surface area contributed by atoms with Crippen LogP contribution in [0.25, 0.3) is 10.9 Å². The van der Waals surface area contributed by atoms with Crippen LogP contribution in [-0.4, -0.2) is 4.98 Å². The molecule has 0 spiro atoms. The fourth-order valence-corrected chi connectivity index (χ4v) is 2.29. The van der Waals surface area contributed by atoms with Crippen molar-refractivity contribution in [3.8, 4) is 5.75 Å². The zero-order valence-electron chi connectivity index (χ0n) is 12.0. The van der Waals surface area contributed by atoms with E-state index in [4.69, 9.17) is 10.5 Å². The summed E-state index contributed by atoms with van der Waals surface area (Å²) in [4.78, 5) is 4.17. The van der Waals surface area contributed by atoms with Gasteiger partial charge in [-0.3, -0.25) is 4.98 Å². The third kappa shape index (κ3) is 3.36. The molecule has 0 amide bonds. The predicted molar refractivity (Wildman–Crippen MR) is 81.9 cm³/mol. The molecule has 3 rings (SSSR count). The highest BCUT2D eigenvalue weighted by Crippen LogP contribution is 2.32. The second-order valence-electron chi connectivity index (χ2n) is 5.07. The summed E-state index contributed by atoms with van der Waals surface area (Å²) in [6, 6.07) is 12.3. The van der Waals surface area contributed by atoms with Crippen LogP contribution in [0.2, 0.25) is 0 Å². The Balaban J connectivity index is 1.83. The fourth-order valence-electron chi connectivity index (χ4n) is 2.29. The van der Waals surface area contributed by atoms with E-state index in [9.17, 15) is 13.2 Å². The van der Waals surface area contributed by atoms with Gasteiger partial charge in [-0.2, -0.15) is 13.2 Å². The van der Waals surface area contributed by atoms with Gasteiger partial charge < -0.3 is 10.5 Å². The van der Waals surface area contributed by atoms with Crippen molar-refractivity contribution < 1.29 is 17.9 Å². The number of nitrogens with two attached hydrogens (primary N) is 1. The maximum Gasteiger partial charge on any atom is 0.416 e. The number of anilines is 1. The zero-order valence-corrected chi connectivity index (χ0v) is 12.0. The van der Waals surface area contributed by atoms with Gasteiger partial charge in [0.05, 0.1) is 23.0 Å². The smallest absolute Gasteiger partial charge is 0.416 e. The summed E-state index contributed by atoms with van der Waals surface area (Å²) < 4.78 is 44.3. The molecule has 0 unspecified atom stereocenters. The van der Waals surface area contributed by atoms with E-state index in [0.717, 1.165) is 11.5 Å². The van der Waals surface area contributed by atoms with Gasteiger partial charge in [0.25, 0.3) is 0 Å². The van der Waals surface area contributed by atoms with Crippen LogP contribution in [0.15, 0.2) is 54.7 Å². The molecule has 0 aliphatic carbocycles. The van der Waals surface area contributed by atoms with E-state index < -0.39 is 11.7 Å². The van der Waals surface area contributed by atoms with Crippen LogP contribution in [0.3, 0.4) is 0 Å². The fraction of sp³-hybridized carbons (Fsp3) is 0.118. The summed E-state index contributed by atoms with van der Waals surface area (Å²) in [5.74, 6) is 0.451. The number of hydrogen-bond donors (Lipinski definition) is 1. The van der Waals surface area contributed by atoms with E-state index >= 15 is 0 Å². The molecule has 0 bridgehead atoms. The van der Waals surface area contributed by atoms with Crippen LogP contribution in [0.4, 0.5) is 18.9 Å². The minimum atomic E-state index is -4.40. The Morgan fingerprint density at radius 1 is 1.04 bits per heavy atom. The molecule has 0 aliphatic heterocycles. The molecule has 23 heavy (non-hydrogen) atoms. The molecule has 118 valence electrons. The molecule has 1 aromatic heterocycles. The van der Waals surface area contributed by atoms with Gasteiger partial charge in [-0.1, -0.05) is 18.2 Å². The molecule has 0 atom stereocenters. The Hall–Kier alpha value is -2.76. The van der Waals surface area contributed by atoms with Crippen LogP contribution >= 0.6 is 0 Å². The Bertz CT molecular complexity index is 847. The lowest BCUT2D eigenvalue weighted by molar-refractivity contribution is -0.138. The molecule has 2 N–H and O–H groups in total. The molecular formula is C17H13F3N2O. The lowest BCUT2D eigenvalue weighted by atomic mass is 10.1. The molecule has 0 saturated carbocycles.